The molecule has 0 aliphatic carbocycles. The number of benzene rings is 2. The van der Waals surface area contributed by atoms with E-state index in [4.69, 9.17) is 10.5 Å². The molecule has 5 aromatic rings. The van der Waals surface area contributed by atoms with Crippen molar-refractivity contribution in [2.75, 3.05) is 18.5 Å². The Labute approximate surface area is 225 Å². The number of fused-ring (bicyclic) bond motifs is 1. The van der Waals surface area contributed by atoms with Gasteiger partial charge in [-0.25, -0.2) is 27.9 Å². The fourth-order valence-electron chi connectivity index (χ4n) is 4.13. The first-order valence-corrected chi connectivity index (χ1v) is 12.2. The number of aromatic nitrogens is 4. The molecule has 0 saturated carbocycles. The van der Waals surface area contributed by atoms with Gasteiger partial charge in [-0.1, -0.05) is 12.1 Å². The molecule has 0 unspecified atom stereocenters. The van der Waals surface area contributed by atoms with Gasteiger partial charge >= 0.3 is 5.97 Å². The number of aromatic carboxylic acids is 1. The molecule has 0 aliphatic rings. The fraction of sp³-hybridized carbons (Fsp3) is 0.143. The summed E-state index contributed by atoms with van der Waals surface area (Å²) >= 11 is 0. The van der Waals surface area contributed by atoms with Crippen molar-refractivity contribution in [1.29, 1.82) is 0 Å². The summed E-state index contributed by atoms with van der Waals surface area (Å²) in [5, 5.41) is 12.9. The molecule has 0 amide bonds. The monoisotopic (exact) mass is 548 g/mol. The van der Waals surface area contributed by atoms with Crippen molar-refractivity contribution in [2.24, 2.45) is 5.73 Å². The summed E-state index contributed by atoms with van der Waals surface area (Å²) in [5.41, 5.74) is 7.61. The Morgan fingerprint density at radius 2 is 1.95 bits per heavy atom. The van der Waals surface area contributed by atoms with Gasteiger partial charge in [0.05, 0.1) is 35.2 Å². The van der Waals surface area contributed by atoms with E-state index in [0.717, 1.165) is 17.5 Å². The normalized spacial score (nSPS) is 11.2. The van der Waals surface area contributed by atoms with Crippen molar-refractivity contribution in [3.8, 4) is 28.4 Å². The maximum Gasteiger partial charge on any atom is 0.335 e. The molecule has 9 nitrogen and oxygen atoms in total. The van der Waals surface area contributed by atoms with E-state index >= 15 is 0 Å². The quantitative estimate of drug-likeness (QED) is 0.182. The molecule has 12 heteroatoms. The minimum atomic E-state index is -2.77. The molecular formula is C28H23F3N6O3. The third-order valence-corrected chi connectivity index (χ3v) is 5.93. The number of ether oxygens (including phenoxy) is 1. The predicted molar refractivity (Wildman–Crippen MR) is 143 cm³/mol. The van der Waals surface area contributed by atoms with Gasteiger partial charge in [-0.2, -0.15) is 0 Å². The number of carbonyl (C=O) groups is 1. The van der Waals surface area contributed by atoms with Crippen LogP contribution in [0.15, 0.2) is 66.9 Å². The highest BCUT2D eigenvalue weighted by Gasteiger charge is 2.18. The number of halogens is 3. The van der Waals surface area contributed by atoms with Crippen LogP contribution in [-0.4, -0.2) is 44.2 Å². The highest BCUT2D eigenvalue weighted by Crippen LogP contribution is 2.33. The van der Waals surface area contributed by atoms with Crippen LogP contribution in [0.25, 0.3) is 33.5 Å². The smallest absolute Gasteiger partial charge is 0.335 e. The number of nitrogens with two attached hydrogens (primary N) is 1. The van der Waals surface area contributed by atoms with Crippen molar-refractivity contribution >= 4 is 22.6 Å². The molecule has 3 aromatic heterocycles. The number of pyridine rings is 2. The first kappa shape index (κ1) is 26.6. The summed E-state index contributed by atoms with van der Waals surface area (Å²) in [6.07, 6.45) is -1.16. The molecule has 0 saturated heterocycles. The maximum atomic E-state index is 13.9. The average Bonchev–Trinajstić information content (AvgIpc) is 3.38. The molecule has 204 valence electrons. The number of hydrogen-bond acceptors (Lipinski definition) is 7. The Morgan fingerprint density at radius 3 is 2.73 bits per heavy atom. The lowest BCUT2D eigenvalue weighted by Crippen LogP contribution is -2.10. The standard InChI is InChI=1S/C28H23F3N6O3/c29-18-9-17(28(38)39)10-19(12-18)33-14-24-36-25(26(37-24)22-2-1-3-23(35-22)27(30)31)15-4-5-21-16(8-15)11-20(13-34-21)40-7-6-32/h1-5,8-13,27,33H,6-7,14,32H2,(H,36,37)(H,38,39). The largest absolute Gasteiger partial charge is 0.491 e. The predicted octanol–water partition coefficient (Wildman–Crippen LogP) is 5.41. The van der Waals surface area contributed by atoms with Gasteiger partial charge in [0.2, 0.25) is 0 Å². The Morgan fingerprint density at radius 1 is 1.10 bits per heavy atom. The van der Waals surface area contributed by atoms with Crippen LogP contribution in [0.5, 0.6) is 5.75 Å². The number of hydrogen-bond donors (Lipinski definition) is 4. The number of imidazole rings is 1. The molecule has 5 rings (SSSR count). The highest BCUT2D eigenvalue weighted by molar-refractivity contribution is 5.89. The lowest BCUT2D eigenvalue weighted by Gasteiger charge is -2.08. The molecule has 0 fully saturated rings. The van der Waals surface area contributed by atoms with Gasteiger partial charge in [0.15, 0.2) is 0 Å². The number of aromatic amines is 1. The van der Waals surface area contributed by atoms with Gasteiger partial charge in [0, 0.05) is 23.2 Å². The molecule has 0 aliphatic heterocycles. The molecule has 5 N–H and O–H groups in total. The van der Waals surface area contributed by atoms with Crippen LogP contribution in [0.1, 0.15) is 28.3 Å². The van der Waals surface area contributed by atoms with Gasteiger partial charge < -0.3 is 25.9 Å². The van der Waals surface area contributed by atoms with Gasteiger partial charge in [0.1, 0.15) is 35.4 Å². The Balaban J connectivity index is 1.54. The lowest BCUT2D eigenvalue weighted by atomic mass is 10.1. The van der Waals surface area contributed by atoms with Crippen molar-refractivity contribution in [3.63, 3.8) is 0 Å². The van der Waals surface area contributed by atoms with Crippen molar-refractivity contribution < 1.29 is 27.8 Å². The molecule has 0 radical (unpaired) electrons. The fourth-order valence-corrected chi connectivity index (χ4v) is 4.13. The molecule has 0 spiro atoms. The SMILES string of the molecule is NCCOc1cnc2ccc(-c3[nH]c(CNc4cc(F)cc(C(=O)O)c4)nc3-c3cccc(C(F)F)n3)cc2c1. The summed E-state index contributed by atoms with van der Waals surface area (Å²) in [7, 11) is 0. The van der Waals surface area contributed by atoms with Gasteiger partial charge in [-0.3, -0.25) is 4.98 Å². The first-order chi connectivity index (χ1) is 19.3. The van der Waals surface area contributed by atoms with Crippen molar-refractivity contribution in [2.45, 2.75) is 13.0 Å². The molecule has 40 heavy (non-hydrogen) atoms. The highest BCUT2D eigenvalue weighted by atomic mass is 19.3. The van der Waals surface area contributed by atoms with E-state index in [1.54, 1.807) is 12.3 Å². The van der Waals surface area contributed by atoms with Gasteiger partial charge in [-0.05, 0) is 48.5 Å². The van der Waals surface area contributed by atoms with E-state index in [9.17, 15) is 23.1 Å². The van der Waals surface area contributed by atoms with Crippen molar-refractivity contribution in [3.05, 3.63) is 89.8 Å². The van der Waals surface area contributed by atoms with E-state index in [1.807, 2.05) is 24.3 Å². The minimum Gasteiger partial charge on any atom is -0.491 e. The van der Waals surface area contributed by atoms with Crippen LogP contribution in [0.3, 0.4) is 0 Å². The summed E-state index contributed by atoms with van der Waals surface area (Å²) in [5.74, 6) is -1.05. The number of alkyl halides is 2. The average molecular weight is 549 g/mol. The number of carboxylic acid groups (broad SMARTS) is 1. The zero-order chi connectivity index (χ0) is 28.2. The van der Waals surface area contributed by atoms with E-state index in [1.165, 1.54) is 18.2 Å². The molecule has 0 atom stereocenters. The van der Waals surface area contributed by atoms with Crippen LogP contribution >= 0.6 is 0 Å². The molecule has 2 aromatic carbocycles. The Kier molecular flexibility index (Phi) is 7.60. The number of nitrogens with one attached hydrogen (secondary N) is 2. The van der Waals surface area contributed by atoms with E-state index in [2.05, 4.69) is 25.3 Å². The Hall–Kier alpha value is -4.97. The minimum absolute atomic E-state index is 0.0518. The molecule has 3 heterocycles. The zero-order valence-electron chi connectivity index (χ0n) is 20.9. The van der Waals surface area contributed by atoms with E-state index in [0.29, 0.717) is 47.2 Å². The third-order valence-electron chi connectivity index (χ3n) is 5.93. The Bertz CT molecular complexity index is 1690. The molecule has 0 bridgehead atoms. The van der Waals surface area contributed by atoms with E-state index < -0.39 is 23.9 Å². The summed E-state index contributed by atoms with van der Waals surface area (Å²) in [6, 6.07) is 15.0. The number of H-pyrrole nitrogens is 1. The third kappa shape index (κ3) is 5.86. The zero-order valence-corrected chi connectivity index (χ0v) is 20.9. The van der Waals surface area contributed by atoms with Crippen LogP contribution in [-0.2, 0) is 6.54 Å². The van der Waals surface area contributed by atoms with Crippen molar-refractivity contribution in [1.82, 2.24) is 19.9 Å². The second-order valence-electron chi connectivity index (χ2n) is 8.76. The summed E-state index contributed by atoms with van der Waals surface area (Å²) < 4.78 is 46.4. The summed E-state index contributed by atoms with van der Waals surface area (Å²) in [6.45, 7) is 0.736. The van der Waals surface area contributed by atoms with Crippen LogP contribution in [0.2, 0.25) is 0 Å². The summed E-state index contributed by atoms with van der Waals surface area (Å²) in [4.78, 5) is 27.6. The maximum absolute atomic E-state index is 13.9. The molecular weight excluding hydrogens is 525 g/mol. The van der Waals surface area contributed by atoms with Crippen LogP contribution in [0.4, 0.5) is 18.9 Å². The number of carboxylic acids is 1. The number of rotatable bonds is 10. The van der Waals surface area contributed by atoms with Gasteiger partial charge in [-0.15, -0.1) is 0 Å². The van der Waals surface area contributed by atoms with Gasteiger partial charge in [0.25, 0.3) is 6.43 Å². The first-order valence-electron chi connectivity index (χ1n) is 12.2. The van der Waals surface area contributed by atoms with Crippen LogP contribution < -0.4 is 15.8 Å². The topological polar surface area (TPSA) is 139 Å². The van der Waals surface area contributed by atoms with E-state index in [-0.39, 0.29) is 23.5 Å². The lowest BCUT2D eigenvalue weighted by molar-refractivity contribution is 0.0696. The number of nitrogens with zero attached hydrogens (tertiary/aromatic N) is 3. The second kappa shape index (κ2) is 11.4. The second-order valence-corrected chi connectivity index (χ2v) is 8.76. The number of anilines is 1. The van der Waals surface area contributed by atoms with Crippen LogP contribution in [0, 0.1) is 5.82 Å².